The fourth-order valence-electron chi connectivity index (χ4n) is 3.86. The van der Waals surface area contributed by atoms with Crippen LogP contribution in [0.5, 0.6) is 0 Å². The summed E-state index contributed by atoms with van der Waals surface area (Å²) >= 11 is 0. The monoisotopic (exact) mass is 402 g/mol. The van der Waals surface area contributed by atoms with Gasteiger partial charge in [-0.25, -0.2) is 0 Å². The number of hydrogen-bond donors (Lipinski definition) is 2. The Balaban J connectivity index is 1.74. The Bertz CT molecular complexity index is 762. The normalized spacial score (nSPS) is 11.2. The van der Waals surface area contributed by atoms with Gasteiger partial charge in [0.25, 0.3) is 0 Å². The van der Waals surface area contributed by atoms with Crippen LogP contribution in [0.25, 0.3) is 10.8 Å². The topological polar surface area (TPSA) is 87.7 Å². The highest BCUT2D eigenvalue weighted by molar-refractivity contribution is 5.87. The van der Waals surface area contributed by atoms with E-state index < -0.39 is 11.9 Å². The summed E-state index contributed by atoms with van der Waals surface area (Å²) in [5.41, 5.74) is 1.35. The number of rotatable bonds is 16. The lowest BCUT2D eigenvalue weighted by Crippen LogP contribution is -1.94. The molecule has 29 heavy (non-hydrogen) atoms. The van der Waals surface area contributed by atoms with Crippen LogP contribution in [0.1, 0.15) is 88.4 Å². The van der Waals surface area contributed by atoms with E-state index in [4.69, 9.17) is 14.6 Å². The minimum atomic E-state index is -0.708. The van der Waals surface area contributed by atoms with Crippen LogP contribution in [-0.2, 0) is 22.4 Å². The molecule has 5 heteroatoms. The van der Waals surface area contributed by atoms with Gasteiger partial charge in [0.1, 0.15) is 5.76 Å². The third-order valence-electron chi connectivity index (χ3n) is 5.42. The highest BCUT2D eigenvalue weighted by Crippen LogP contribution is 2.28. The standard InChI is InChI=1S/C24H34O5/c25-22(26)16-9-5-1-3-7-12-19-13-11-14-20-18-29-21(24(19)20)15-8-4-2-6-10-17-23(27)28/h11,13-14,18H,1-10,12,15-17H2,(H,25,26)(H,27,28). The van der Waals surface area contributed by atoms with Gasteiger partial charge in [0, 0.05) is 30.0 Å². The minimum Gasteiger partial charge on any atom is -0.481 e. The summed E-state index contributed by atoms with van der Waals surface area (Å²) in [5.74, 6) is -0.341. The van der Waals surface area contributed by atoms with Crippen LogP contribution in [0, 0.1) is 0 Å². The van der Waals surface area contributed by atoms with Crippen LogP contribution >= 0.6 is 0 Å². The molecule has 1 heterocycles. The number of carboxylic acid groups (broad SMARTS) is 2. The van der Waals surface area contributed by atoms with Crippen molar-refractivity contribution >= 4 is 22.7 Å². The predicted molar refractivity (Wildman–Crippen MR) is 114 cm³/mol. The smallest absolute Gasteiger partial charge is 0.303 e. The van der Waals surface area contributed by atoms with E-state index in [0.29, 0.717) is 0 Å². The Morgan fingerprint density at radius 1 is 0.724 bits per heavy atom. The Kier molecular flexibility index (Phi) is 10.3. The maximum absolute atomic E-state index is 10.5. The number of aryl methyl sites for hydroxylation is 2. The fourth-order valence-corrected chi connectivity index (χ4v) is 3.86. The van der Waals surface area contributed by atoms with Gasteiger partial charge < -0.3 is 14.6 Å². The van der Waals surface area contributed by atoms with Crippen LogP contribution in [0.2, 0.25) is 0 Å². The second-order valence-corrected chi connectivity index (χ2v) is 7.86. The molecule has 1 aromatic carbocycles. The molecule has 2 rings (SSSR count). The molecule has 0 fully saturated rings. The Labute approximate surface area is 173 Å². The van der Waals surface area contributed by atoms with Gasteiger partial charge in [-0.2, -0.15) is 0 Å². The van der Waals surface area contributed by atoms with E-state index in [9.17, 15) is 9.59 Å². The fraction of sp³-hybridized carbons (Fsp3) is 0.583. The van der Waals surface area contributed by atoms with Crippen molar-refractivity contribution in [2.24, 2.45) is 0 Å². The zero-order chi connectivity index (χ0) is 20.9. The van der Waals surface area contributed by atoms with Crippen LogP contribution in [0.15, 0.2) is 28.9 Å². The van der Waals surface area contributed by atoms with Gasteiger partial charge in [-0.1, -0.05) is 56.7 Å². The van der Waals surface area contributed by atoms with E-state index in [0.717, 1.165) is 82.8 Å². The van der Waals surface area contributed by atoms with Gasteiger partial charge in [0.05, 0.1) is 6.26 Å². The molecule has 0 saturated heterocycles. The molecule has 1 aromatic heterocycles. The Hall–Kier alpha value is -2.30. The first-order valence-electron chi connectivity index (χ1n) is 11.0. The Morgan fingerprint density at radius 3 is 1.90 bits per heavy atom. The number of hydrogen-bond acceptors (Lipinski definition) is 3. The first-order chi connectivity index (χ1) is 14.1. The quantitative estimate of drug-likeness (QED) is 0.319. The summed E-state index contributed by atoms with van der Waals surface area (Å²) in [7, 11) is 0. The van der Waals surface area contributed by atoms with Crippen molar-refractivity contribution in [3.63, 3.8) is 0 Å². The zero-order valence-corrected chi connectivity index (χ0v) is 17.3. The third kappa shape index (κ3) is 8.71. The molecule has 0 unspecified atom stereocenters. The summed E-state index contributed by atoms with van der Waals surface area (Å²) < 4.78 is 5.86. The summed E-state index contributed by atoms with van der Waals surface area (Å²) in [5, 5.41) is 19.8. The summed E-state index contributed by atoms with van der Waals surface area (Å²) in [4.78, 5) is 21.1. The lowest BCUT2D eigenvalue weighted by atomic mass is 9.98. The SMILES string of the molecule is O=C(O)CCCCCCCc1cccc2coc(CCCCCCCC(=O)O)c12. The van der Waals surface area contributed by atoms with E-state index in [-0.39, 0.29) is 12.8 Å². The van der Waals surface area contributed by atoms with Gasteiger partial charge >= 0.3 is 11.9 Å². The number of carbonyl (C=O) groups is 2. The maximum atomic E-state index is 10.5. The molecule has 160 valence electrons. The van der Waals surface area contributed by atoms with Crippen LogP contribution < -0.4 is 0 Å². The largest absolute Gasteiger partial charge is 0.481 e. The molecular weight excluding hydrogens is 368 g/mol. The summed E-state index contributed by atoms with van der Waals surface area (Å²) in [6.07, 6.45) is 14.4. The lowest BCUT2D eigenvalue weighted by Gasteiger charge is -2.06. The molecule has 2 N–H and O–H groups in total. The highest BCUT2D eigenvalue weighted by Gasteiger charge is 2.10. The van der Waals surface area contributed by atoms with Crippen molar-refractivity contribution in [3.05, 3.63) is 35.8 Å². The van der Waals surface area contributed by atoms with Gasteiger partial charge in [-0.15, -0.1) is 0 Å². The van der Waals surface area contributed by atoms with Crippen LogP contribution in [0.4, 0.5) is 0 Å². The number of unbranched alkanes of at least 4 members (excludes halogenated alkanes) is 8. The van der Waals surface area contributed by atoms with E-state index in [2.05, 4.69) is 18.2 Å². The van der Waals surface area contributed by atoms with Crippen molar-refractivity contribution in [3.8, 4) is 0 Å². The van der Waals surface area contributed by atoms with Crippen molar-refractivity contribution < 1.29 is 24.2 Å². The number of carboxylic acids is 2. The molecule has 0 spiro atoms. The molecular formula is C24H34O5. The van der Waals surface area contributed by atoms with E-state index in [1.807, 2.05) is 6.26 Å². The summed E-state index contributed by atoms with van der Waals surface area (Å²) in [6.45, 7) is 0. The molecule has 2 aromatic rings. The molecule has 0 aliphatic rings. The predicted octanol–water partition coefficient (Wildman–Crippen LogP) is 6.37. The lowest BCUT2D eigenvalue weighted by molar-refractivity contribution is -0.138. The average Bonchev–Trinajstić information content (AvgIpc) is 3.10. The minimum absolute atomic E-state index is 0.270. The molecule has 0 amide bonds. The van der Waals surface area contributed by atoms with Gasteiger partial charge in [0.2, 0.25) is 0 Å². The van der Waals surface area contributed by atoms with Crippen molar-refractivity contribution in [1.82, 2.24) is 0 Å². The average molecular weight is 403 g/mol. The molecule has 5 nitrogen and oxygen atoms in total. The maximum Gasteiger partial charge on any atom is 0.303 e. The van der Waals surface area contributed by atoms with Crippen LogP contribution in [-0.4, -0.2) is 22.2 Å². The second kappa shape index (κ2) is 13.0. The van der Waals surface area contributed by atoms with Crippen molar-refractivity contribution in [2.45, 2.75) is 89.9 Å². The molecule has 0 atom stereocenters. The molecule has 0 radical (unpaired) electrons. The van der Waals surface area contributed by atoms with Crippen molar-refractivity contribution in [1.29, 1.82) is 0 Å². The number of fused-ring (bicyclic) bond motifs is 1. The van der Waals surface area contributed by atoms with Gasteiger partial charge in [0.15, 0.2) is 0 Å². The van der Waals surface area contributed by atoms with Gasteiger partial charge in [-0.05, 0) is 37.7 Å². The number of furan rings is 1. The van der Waals surface area contributed by atoms with E-state index >= 15 is 0 Å². The highest BCUT2D eigenvalue weighted by atomic mass is 16.4. The number of benzene rings is 1. The van der Waals surface area contributed by atoms with E-state index in [1.165, 1.54) is 16.3 Å². The number of aliphatic carboxylic acids is 2. The van der Waals surface area contributed by atoms with Crippen LogP contribution in [0.3, 0.4) is 0 Å². The molecule has 0 bridgehead atoms. The van der Waals surface area contributed by atoms with Crippen molar-refractivity contribution in [2.75, 3.05) is 0 Å². The van der Waals surface area contributed by atoms with E-state index in [1.54, 1.807) is 0 Å². The molecule has 0 aliphatic carbocycles. The Morgan fingerprint density at radius 2 is 1.28 bits per heavy atom. The summed E-state index contributed by atoms with van der Waals surface area (Å²) in [6, 6.07) is 6.38. The zero-order valence-electron chi connectivity index (χ0n) is 17.3. The second-order valence-electron chi connectivity index (χ2n) is 7.86. The molecule has 0 aliphatic heterocycles. The third-order valence-corrected chi connectivity index (χ3v) is 5.42. The van der Waals surface area contributed by atoms with Gasteiger partial charge in [-0.3, -0.25) is 9.59 Å². The molecule has 0 saturated carbocycles. The first-order valence-corrected chi connectivity index (χ1v) is 11.0. The first kappa shape index (κ1) is 23.0.